The van der Waals surface area contributed by atoms with Gasteiger partial charge in [0.1, 0.15) is 0 Å². The fourth-order valence-electron chi connectivity index (χ4n) is 4.20. The number of nitrogens with one attached hydrogen (secondary N) is 1. The van der Waals surface area contributed by atoms with E-state index in [4.69, 9.17) is 11.6 Å². The number of carbonyl (C=O) groups is 2. The minimum Gasteiger partial charge on any atom is -0.368 e. The van der Waals surface area contributed by atoms with Crippen molar-refractivity contribution < 1.29 is 22.8 Å². The maximum absolute atomic E-state index is 13.2. The highest BCUT2D eigenvalue weighted by Gasteiger charge is 2.47. The molecule has 0 spiro atoms. The topological polar surface area (TPSA) is 52.7 Å². The smallest absolute Gasteiger partial charge is 0.368 e. The zero-order valence-corrected chi connectivity index (χ0v) is 18.0. The number of hydrogen-bond acceptors (Lipinski definition) is 3. The molecule has 9 heteroatoms. The zero-order chi connectivity index (χ0) is 22.9. The Bertz CT molecular complexity index is 1010. The summed E-state index contributed by atoms with van der Waals surface area (Å²) >= 11 is 6.04. The molecule has 2 fully saturated rings. The molecule has 2 atom stereocenters. The molecule has 1 N–H and O–H groups in total. The molecule has 4 rings (SSSR count). The molecular formula is C23H23ClF3N3O2. The van der Waals surface area contributed by atoms with Gasteiger partial charge >= 0.3 is 6.18 Å². The number of alkyl halides is 3. The first-order valence-electron chi connectivity index (χ1n) is 10.5. The van der Waals surface area contributed by atoms with Gasteiger partial charge in [-0.05, 0) is 42.2 Å². The molecule has 2 aromatic carbocycles. The van der Waals surface area contributed by atoms with Crippen molar-refractivity contribution in [3.8, 4) is 0 Å². The molecule has 0 bridgehead atoms. The lowest BCUT2D eigenvalue weighted by Crippen LogP contribution is -2.51. The van der Waals surface area contributed by atoms with Crippen LogP contribution in [0.4, 0.5) is 18.9 Å². The quantitative estimate of drug-likeness (QED) is 0.728. The molecule has 1 heterocycles. The summed E-state index contributed by atoms with van der Waals surface area (Å²) in [7, 11) is 0. The van der Waals surface area contributed by atoms with Gasteiger partial charge in [0.15, 0.2) is 0 Å². The number of halogens is 4. The number of piperazine rings is 1. The SMILES string of the molecule is O=C(NCC(=O)N1CCN(c2cccc(Cl)c2)CC1)C1CC1c1ccccc1C(F)(F)F. The van der Waals surface area contributed by atoms with Crippen LogP contribution in [0.25, 0.3) is 0 Å². The molecule has 0 radical (unpaired) electrons. The highest BCUT2D eigenvalue weighted by Crippen LogP contribution is 2.51. The summed E-state index contributed by atoms with van der Waals surface area (Å²) in [5.74, 6) is -1.58. The Morgan fingerprint density at radius 1 is 1.03 bits per heavy atom. The van der Waals surface area contributed by atoms with Gasteiger partial charge < -0.3 is 15.1 Å². The first kappa shape index (κ1) is 22.5. The molecule has 2 unspecified atom stereocenters. The third-order valence-corrected chi connectivity index (χ3v) is 6.25. The molecule has 0 aromatic heterocycles. The van der Waals surface area contributed by atoms with Crippen LogP contribution in [0.5, 0.6) is 0 Å². The Hall–Kier alpha value is -2.74. The van der Waals surface area contributed by atoms with E-state index in [2.05, 4.69) is 10.2 Å². The van der Waals surface area contributed by atoms with Crippen LogP contribution in [0.3, 0.4) is 0 Å². The summed E-state index contributed by atoms with van der Waals surface area (Å²) < 4.78 is 39.7. The van der Waals surface area contributed by atoms with Gasteiger partial charge in [0.2, 0.25) is 11.8 Å². The molecule has 2 amide bonds. The Kier molecular flexibility index (Phi) is 6.33. The molecule has 170 valence electrons. The van der Waals surface area contributed by atoms with Gasteiger partial charge in [-0.1, -0.05) is 35.9 Å². The number of carbonyl (C=O) groups excluding carboxylic acids is 2. The maximum atomic E-state index is 13.2. The summed E-state index contributed by atoms with van der Waals surface area (Å²) in [5.41, 5.74) is 0.439. The number of anilines is 1. The van der Waals surface area contributed by atoms with Crippen molar-refractivity contribution in [3.63, 3.8) is 0 Å². The molecule has 32 heavy (non-hydrogen) atoms. The second kappa shape index (κ2) is 9.02. The molecule has 1 aliphatic carbocycles. The largest absolute Gasteiger partial charge is 0.416 e. The lowest BCUT2D eigenvalue weighted by atomic mass is 10.0. The van der Waals surface area contributed by atoms with E-state index >= 15 is 0 Å². The molecular weight excluding hydrogens is 443 g/mol. The van der Waals surface area contributed by atoms with Crippen LogP contribution in [0.15, 0.2) is 48.5 Å². The van der Waals surface area contributed by atoms with E-state index in [0.717, 1.165) is 11.8 Å². The van der Waals surface area contributed by atoms with Crippen molar-refractivity contribution in [2.45, 2.75) is 18.5 Å². The van der Waals surface area contributed by atoms with Crippen molar-refractivity contribution in [3.05, 3.63) is 64.7 Å². The molecule has 5 nitrogen and oxygen atoms in total. The summed E-state index contributed by atoms with van der Waals surface area (Å²) in [5, 5.41) is 3.26. The van der Waals surface area contributed by atoms with Crippen LogP contribution in [-0.4, -0.2) is 49.4 Å². The van der Waals surface area contributed by atoms with E-state index in [0.29, 0.717) is 37.6 Å². The third-order valence-electron chi connectivity index (χ3n) is 6.01. The number of nitrogens with zero attached hydrogens (tertiary/aromatic N) is 2. The van der Waals surface area contributed by atoms with Gasteiger partial charge in [0.05, 0.1) is 12.1 Å². The van der Waals surface area contributed by atoms with E-state index in [-0.39, 0.29) is 23.9 Å². The molecule has 1 saturated carbocycles. The maximum Gasteiger partial charge on any atom is 0.416 e. The van der Waals surface area contributed by atoms with E-state index < -0.39 is 23.6 Å². The molecule has 1 aliphatic heterocycles. The monoisotopic (exact) mass is 465 g/mol. The van der Waals surface area contributed by atoms with E-state index in [1.807, 2.05) is 18.2 Å². The summed E-state index contributed by atoms with van der Waals surface area (Å²) in [6.45, 7) is 2.19. The number of hydrogen-bond donors (Lipinski definition) is 1. The normalized spacial score (nSPS) is 20.8. The average molecular weight is 466 g/mol. The van der Waals surface area contributed by atoms with Crippen LogP contribution in [0.1, 0.15) is 23.5 Å². The zero-order valence-electron chi connectivity index (χ0n) is 17.2. The van der Waals surface area contributed by atoms with Gasteiger partial charge in [-0.2, -0.15) is 13.2 Å². The van der Waals surface area contributed by atoms with Gasteiger partial charge in [0, 0.05) is 42.8 Å². The number of amides is 2. The van der Waals surface area contributed by atoms with Crippen LogP contribution in [-0.2, 0) is 15.8 Å². The van der Waals surface area contributed by atoms with Crippen LogP contribution < -0.4 is 10.2 Å². The van der Waals surface area contributed by atoms with Crippen molar-refractivity contribution in [1.29, 1.82) is 0 Å². The standard InChI is InChI=1S/C23H23ClF3N3O2/c24-15-4-3-5-16(12-15)29-8-10-30(11-9-29)21(31)14-28-22(32)19-13-18(19)17-6-1-2-7-20(17)23(25,26)27/h1-7,12,18-19H,8-11,13-14H2,(H,28,32). The van der Waals surface area contributed by atoms with Crippen LogP contribution >= 0.6 is 11.6 Å². The highest BCUT2D eigenvalue weighted by atomic mass is 35.5. The highest BCUT2D eigenvalue weighted by molar-refractivity contribution is 6.30. The fraction of sp³-hybridized carbons (Fsp3) is 0.391. The predicted molar refractivity (Wildman–Crippen MR) is 116 cm³/mol. The molecule has 1 saturated heterocycles. The summed E-state index contributed by atoms with van der Waals surface area (Å²) in [6, 6.07) is 12.9. The second-order valence-corrected chi connectivity index (χ2v) is 8.54. The van der Waals surface area contributed by atoms with Crippen LogP contribution in [0, 0.1) is 5.92 Å². The Morgan fingerprint density at radius 3 is 2.44 bits per heavy atom. The first-order valence-corrected chi connectivity index (χ1v) is 10.8. The lowest BCUT2D eigenvalue weighted by Gasteiger charge is -2.36. The van der Waals surface area contributed by atoms with Gasteiger partial charge in [0.25, 0.3) is 0 Å². The average Bonchev–Trinajstić information content (AvgIpc) is 3.58. The lowest BCUT2D eigenvalue weighted by molar-refractivity contribution is -0.138. The van der Waals surface area contributed by atoms with Crippen molar-refractivity contribution in [1.82, 2.24) is 10.2 Å². The summed E-state index contributed by atoms with van der Waals surface area (Å²) in [4.78, 5) is 28.8. The predicted octanol–water partition coefficient (Wildman–Crippen LogP) is 3.93. The van der Waals surface area contributed by atoms with Gasteiger partial charge in [-0.3, -0.25) is 9.59 Å². The van der Waals surface area contributed by atoms with Crippen molar-refractivity contribution >= 4 is 29.1 Å². The molecule has 2 aliphatic rings. The van der Waals surface area contributed by atoms with E-state index in [1.165, 1.54) is 12.1 Å². The van der Waals surface area contributed by atoms with E-state index in [9.17, 15) is 22.8 Å². The van der Waals surface area contributed by atoms with Crippen molar-refractivity contribution in [2.75, 3.05) is 37.6 Å². The van der Waals surface area contributed by atoms with Crippen LogP contribution in [0.2, 0.25) is 5.02 Å². The van der Waals surface area contributed by atoms with Gasteiger partial charge in [-0.25, -0.2) is 0 Å². The Morgan fingerprint density at radius 2 is 1.75 bits per heavy atom. The Balaban J connectivity index is 1.26. The second-order valence-electron chi connectivity index (χ2n) is 8.10. The van der Waals surface area contributed by atoms with Crippen molar-refractivity contribution in [2.24, 2.45) is 5.92 Å². The fourth-order valence-corrected chi connectivity index (χ4v) is 4.38. The number of benzene rings is 2. The third kappa shape index (κ3) is 5.01. The van der Waals surface area contributed by atoms with Gasteiger partial charge in [-0.15, -0.1) is 0 Å². The minimum atomic E-state index is -4.45. The summed E-state index contributed by atoms with van der Waals surface area (Å²) in [6.07, 6.45) is -4.10. The molecule has 2 aromatic rings. The number of rotatable bonds is 5. The first-order chi connectivity index (χ1) is 15.2. The minimum absolute atomic E-state index is 0.142. The Labute approximate surface area is 189 Å². The van der Waals surface area contributed by atoms with E-state index in [1.54, 1.807) is 17.0 Å².